The molecule has 0 aliphatic rings. The molecule has 2 N–H and O–H groups in total. The highest BCUT2D eigenvalue weighted by atomic mass is 127. The number of hydrogen-bond donors (Lipinski definition) is 1. The van der Waals surface area contributed by atoms with E-state index >= 15 is 0 Å². The molecule has 70 valence electrons. The summed E-state index contributed by atoms with van der Waals surface area (Å²) in [6.45, 7) is 0. The normalized spacial score (nSPS) is 8.23. The Balaban J connectivity index is 0.000000424. The van der Waals surface area contributed by atoms with Gasteiger partial charge in [0, 0.05) is 3.57 Å². The van der Waals surface area contributed by atoms with Crippen molar-refractivity contribution in [3.63, 3.8) is 0 Å². The second-order valence-electron chi connectivity index (χ2n) is 1.85. The second kappa shape index (κ2) is 6.06. The first-order chi connectivity index (χ1) is 6.04. The van der Waals surface area contributed by atoms with Gasteiger partial charge in [-0.15, -0.1) is 0 Å². The smallest absolute Gasteiger partial charge is 0.373 e. The van der Waals surface area contributed by atoms with Crippen molar-refractivity contribution < 1.29 is 14.0 Å². The summed E-state index contributed by atoms with van der Waals surface area (Å²) < 4.78 is 14.1. The van der Waals surface area contributed by atoms with Gasteiger partial charge in [-0.25, -0.2) is 4.39 Å². The van der Waals surface area contributed by atoms with E-state index in [0.717, 1.165) is 3.57 Å². The minimum atomic E-state index is -0.382. The summed E-state index contributed by atoms with van der Waals surface area (Å²) in [6, 6.07) is 3.30. The van der Waals surface area contributed by atoms with Crippen LogP contribution >= 0.6 is 38.5 Å². The van der Waals surface area contributed by atoms with Gasteiger partial charge in [0.1, 0.15) is 0 Å². The van der Waals surface area contributed by atoms with E-state index in [1.54, 1.807) is 12.1 Å². The number of anilines is 1. The van der Waals surface area contributed by atoms with Crippen LogP contribution in [0.25, 0.3) is 0 Å². The summed E-state index contributed by atoms with van der Waals surface area (Å²) in [5.74, 6) is -0.382. The highest BCUT2D eigenvalue weighted by Gasteiger charge is 2.05. The Morgan fingerprint density at radius 1 is 1.46 bits per heavy atom. The molecular formula is C7H4BrFINO2. The molecule has 0 saturated heterocycles. The molecule has 0 amide bonds. The van der Waals surface area contributed by atoms with Crippen LogP contribution in [0.5, 0.6) is 0 Å². The average Bonchev–Trinajstić information content (AvgIpc) is 2.10. The predicted molar refractivity (Wildman–Crippen MR) is 56.2 cm³/mol. The number of carbonyl (C=O) groups excluding carboxylic acids is 2. The van der Waals surface area contributed by atoms with Crippen LogP contribution in [0.1, 0.15) is 0 Å². The molecule has 1 aromatic rings. The molecule has 0 radical (unpaired) electrons. The zero-order valence-corrected chi connectivity index (χ0v) is 9.93. The Morgan fingerprint density at radius 2 is 1.92 bits per heavy atom. The zero-order chi connectivity index (χ0) is 10.4. The second-order valence-corrected chi connectivity index (χ2v) is 3.80. The van der Waals surface area contributed by atoms with Gasteiger partial charge in [0.15, 0.2) is 5.82 Å². The number of hydrogen-bond acceptors (Lipinski definition) is 3. The Labute approximate surface area is 95.8 Å². The molecule has 0 aliphatic heterocycles. The lowest BCUT2D eigenvalue weighted by molar-refractivity contribution is -0.191. The molecule has 0 spiro atoms. The first kappa shape index (κ1) is 12.5. The van der Waals surface area contributed by atoms with Gasteiger partial charge in [-0.3, -0.25) is 0 Å². The van der Waals surface area contributed by atoms with Gasteiger partial charge in [-0.05, 0) is 50.7 Å². The van der Waals surface area contributed by atoms with Crippen LogP contribution in [0.3, 0.4) is 0 Å². The van der Waals surface area contributed by atoms with Crippen LogP contribution < -0.4 is 5.73 Å². The highest BCUT2D eigenvalue weighted by Crippen LogP contribution is 2.25. The van der Waals surface area contributed by atoms with Crippen LogP contribution in [-0.4, -0.2) is 6.15 Å². The Bertz CT molecular complexity index is 313. The fourth-order valence-corrected chi connectivity index (χ4v) is 1.32. The molecule has 0 bridgehead atoms. The quantitative estimate of drug-likeness (QED) is 0.439. The molecule has 0 fully saturated rings. The SMILES string of the molecule is Nc1ccc(I)c(Br)c1F.O=C=O. The Morgan fingerprint density at radius 3 is 2.31 bits per heavy atom. The van der Waals surface area contributed by atoms with Crippen molar-refractivity contribution in [3.8, 4) is 0 Å². The summed E-state index contributed by atoms with van der Waals surface area (Å²) in [5.41, 5.74) is 5.45. The third-order valence-electron chi connectivity index (χ3n) is 1.07. The molecular weight excluding hydrogens is 356 g/mol. The first-order valence-electron chi connectivity index (χ1n) is 2.92. The van der Waals surface area contributed by atoms with Gasteiger partial charge in [0.05, 0.1) is 10.2 Å². The molecule has 0 heterocycles. The fourth-order valence-electron chi connectivity index (χ4n) is 0.541. The van der Waals surface area contributed by atoms with Gasteiger partial charge in [-0.2, -0.15) is 9.59 Å². The number of halogens is 3. The average molecular weight is 360 g/mol. The minimum Gasteiger partial charge on any atom is -0.396 e. The molecule has 6 heteroatoms. The lowest BCUT2D eigenvalue weighted by atomic mass is 10.3. The maximum Gasteiger partial charge on any atom is 0.373 e. The van der Waals surface area contributed by atoms with Crippen molar-refractivity contribution in [1.29, 1.82) is 0 Å². The van der Waals surface area contributed by atoms with Crippen molar-refractivity contribution in [1.82, 2.24) is 0 Å². The van der Waals surface area contributed by atoms with Crippen molar-refractivity contribution in [2.24, 2.45) is 0 Å². The molecule has 0 atom stereocenters. The molecule has 1 aromatic carbocycles. The van der Waals surface area contributed by atoms with Crippen molar-refractivity contribution >= 4 is 50.4 Å². The van der Waals surface area contributed by atoms with E-state index in [1.165, 1.54) is 0 Å². The van der Waals surface area contributed by atoms with Gasteiger partial charge in [0.2, 0.25) is 0 Å². The van der Waals surface area contributed by atoms with E-state index in [4.69, 9.17) is 15.3 Å². The van der Waals surface area contributed by atoms with Gasteiger partial charge >= 0.3 is 6.15 Å². The van der Waals surface area contributed by atoms with Crippen molar-refractivity contribution in [2.45, 2.75) is 0 Å². The standard InChI is InChI=1S/C6H4BrFIN.CO2/c7-5-3(9)1-2-4(10)6(5)8;2-1-3/h1-2H,10H2;. The summed E-state index contributed by atoms with van der Waals surface area (Å²) in [7, 11) is 0. The summed E-state index contributed by atoms with van der Waals surface area (Å²) in [5, 5.41) is 0. The summed E-state index contributed by atoms with van der Waals surface area (Å²) in [4.78, 5) is 16.2. The number of nitrogens with two attached hydrogens (primary N) is 1. The lowest BCUT2D eigenvalue weighted by Crippen LogP contribution is -1.92. The van der Waals surface area contributed by atoms with Crippen LogP contribution in [0, 0.1) is 9.39 Å². The van der Waals surface area contributed by atoms with E-state index < -0.39 is 0 Å². The third kappa shape index (κ3) is 3.84. The Kier molecular flexibility index (Phi) is 5.85. The molecule has 0 aromatic heterocycles. The topological polar surface area (TPSA) is 60.2 Å². The van der Waals surface area contributed by atoms with E-state index in [9.17, 15) is 4.39 Å². The number of benzene rings is 1. The highest BCUT2D eigenvalue weighted by molar-refractivity contribution is 14.1. The molecule has 0 saturated carbocycles. The van der Waals surface area contributed by atoms with Crippen molar-refractivity contribution in [3.05, 3.63) is 26.0 Å². The fraction of sp³-hybridized carbons (Fsp3) is 0. The molecule has 0 aliphatic carbocycles. The van der Waals surface area contributed by atoms with Crippen LogP contribution in [0.4, 0.5) is 10.1 Å². The lowest BCUT2D eigenvalue weighted by Gasteiger charge is -1.99. The minimum absolute atomic E-state index is 0.173. The number of nitrogen functional groups attached to an aromatic ring is 1. The largest absolute Gasteiger partial charge is 0.396 e. The number of rotatable bonds is 0. The van der Waals surface area contributed by atoms with Crippen LogP contribution in [-0.2, 0) is 9.59 Å². The third-order valence-corrected chi connectivity index (χ3v) is 3.48. The van der Waals surface area contributed by atoms with E-state index in [1.807, 2.05) is 22.6 Å². The maximum atomic E-state index is 12.8. The maximum absolute atomic E-state index is 12.8. The molecule has 3 nitrogen and oxygen atoms in total. The van der Waals surface area contributed by atoms with Gasteiger partial charge in [-0.1, -0.05) is 0 Å². The van der Waals surface area contributed by atoms with Crippen molar-refractivity contribution in [2.75, 3.05) is 5.73 Å². The zero-order valence-electron chi connectivity index (χ0n) is 6.18. The predicted octanol–water partition coefficient (Wildman–Crippen LogP) is 2.19. The van der Waals surface area contributed by atoms with Gasteiger partial charge < -0.3 is 5.73 Å². The van der Waals surface area contributed by atoms with E-state index in [2.05, 4.69) is 15.9 Å². The van der Waals surface area contributed by atoms with E-state index in [-0.39, 0.29) is 17.7 Å². The molecule has 13 heavy (non-hydrogen) atoms. The summed E-state index contributed by atoms with van der Waals surface area (Å²) >= 11 is 5.09. The Hall–Kier alpha value is -0.460. The van der Waals surface area contributed by atoms with Gasteiger partial charge in [0.25, 0.3) is 0 Å². The first-order valence-corrected chi connectivity index (χ1v) is 4.80. The summed E-state index contributed by atoms with van der Waals surface area (Å²) in [6.07, 6.45) is 0.250. The van der Waals surface area contributed by atoms with Crippen LogP contribution in [0.15, 0.2) is 16.6 Å². The van der Waals surface area contributed by atoms with Crippen LogP contribution in [0.2, 0.25) is 0 Å². The molecule has 0 unspecified atom stereocenters. The molecule has 1 rings (SSSR count). The van der Waals surface area contributed by atoms with E-state index in [0.29, 0.717) is 4.47 Å². The monoisotopic (exact) mass is 359 g/mol.